The van der Waals surface area contributed by atoms with Crippen molar-refractivity contribution < 1.29 is 9.53 Å². The van der Waals surface area contributed by atoms with E-state index in [1.807, 2.05) is 20.9 Å². The molecule has 1 amide bonds. The molecule has 0 spiro atoms. The second-order valence-corrected chi connectivity index (χ2v) is 6.15. The van der Waals surface area contributed by atoms with E-state index in [0.29, 0.717) is 5.56 Å². The number of hydrogen-bond donors (Lipinski definition) is 1. The lowest BCUT2D eigenvalue weighted by Crippen LogP contribution is -2.36. The first-order valence-electron chi connectivity index (χ1n) is 8.28. The second-order valence-electron chi connectivity index (χ2n) is 6.15. The molecule has 0 bridgehead atoms. The highest BCUT2D eigenvalue weighted by atomic mass is 16.5. The zero-order valence-corrected chi connectivity index (χ0v) is 14.5. The smallest absolute Gasteiger partial charge is 0.255 e. The molecule has 1 unspecified atom stereocenters. The minimum atomic E-state index is -0.0923. The van der Waals surface area contributed by atoms with E-state index in [4.69, 9.17) is 4.74 Å². The number of nitrogens with zero attached hydrogens (tertiary/aromatic N) is 3. The molecule has 128 valence electrons. The number of morpholine rings is 1. The van der Waals surface area contributed by atoms with Gasteiger partial charge in [0, 0.05) is 31.5 Å². The molecule has 1 aromatic carbocycles. The molecule has 0 aliphatic carbocycles. The Morgan fingerprint density at radius 3 is 2.50 bits per heavy atom. The Labute approximate surface area is 142 Å². The molecule has 6 heteroatoms. The van der Waals surface area contributed by atoms with Crippen LogP contribution in [0.1, 0.15) is 34.6 Å². The Morgan fingerprint density at radius 1 is 1.25 bits per heavy atom. The van der Waals surface area contributed by atoms with Crippen LogP contribution in [0.5, 0.6) is 0 Å². The summed E-state index contributed by atoms with van der Waals surface area (Å²) < 4.78 is 7.09. The minimum Gasteiger partial charge on any atom is -0.378 e. The first-order chi connectivity index (χ1) is 11.6. The maximum absolute atomic E-state index is 12.4. The number of amides is 1. The zero-order valence-electron chi connectivity index (χ0n) is 14.5. The third kappa shape index (κ3) is 3.43. The van der Waals surface area contributed by atoms with Crippen molar-refractivity contribution in [3.63, 3.8) is 0 Å². The minimum absolute atomic E-state index is 0.0594. The molecular weight excluding hydrogens is 304 g/mol. The number of anilines is 1. The van der Waals surface area contributed by atoms with Gasteiger partial charge in [0.05, 0.1) is 31.0 Å². The molecule has 0 saturated carbocycles. The Hall–Kier alpha value is -2.34. The number of benzene rings is 1. The van der Waals surface area contributed by atoms with E-state index >= 15 is 0 Å². The van der Waals surface area contributed by atoms with Gasteiger partial charge in [-0.1, -0.05) is 12.1 Å². The highest BCUT2D eigenvalue weighted by Gasteiger charge is 2.16. The lowest BCUT2D eigenvalue weighted by Gasteiger charge is -2.29. The molecule has 2 heterocycles. The third-order valence-corrected chi connectivity index (χ3v) is 4.60. The van der Waals surface area contributed by atoms with Crippen LogP contribution in [-0.4, -0.2) is 42.0 Å². The molecule has 1 N–H and O–H groups in total. The van der Waals surface area contributed by atoms with E-state index in [1.54, 1.807) is 10.9 Å². The highest BCUT2D eigenvalue weighted by molar-refractivity contribution is 5.95. The van der Waals surface area contributed by atoms with Crippen molar-refractivity contribution in [2.24, 2.45) is 7.05 Å². The van der Waals surface area contributed by atoms with Crippen molar-refractivity contribution in [3.05, 3.63) is 47.3 Å². The maximum Gasteiger partial charge on any atom is 0.255 e. The summed E-state index contributed by atoms with van der Waals surface area (Å²) in [7, 11) is 1.83. The summed E-state index contributed by atoms with van der Waals surface area (Å²) in [5.74, 6) is -0.0923. The van der Waals surface area contributed by atoms with Crippen molar-refractivity contribution in [1.82, 2.24) is 15.1 Å². The molecule has 2 aromatic rings. The number of hydrogen-bond acceptors (Lipinski definition) is 4. The van der Waals surface area contributed by atoms with Gasteiger partial charge in [-0.3, -0.25) is 9.48 Å². The topological polar surface area (TPSA) is 59.4 Å². The number of rotatable bonds is 4. The van der Waals surface area contributed by atoms with Crippen LogP contribution in [0, 0.1) is 6.92 Å². The van der Waals surface area contributed by atoms with Crippen LogP contribution in [0.15, 0.2) is 30.5 Å². The average Bonchev–Trinajstić information content (AvgIpc) is 2.95. The Morgan fingerprint density at radius 2 is 1.92 bits per heavy atom. The monoisotopic (exact) mass is 328 g/mol. The standard InChI is InChI=1S/C18H24N4O2/c1-13(20-18(23)17-12-19-21(3)14(17)2)15-4-6-16(7-5-15)22-8-10-24-11-9-22/h4-7,12-13H,8-11H2,1-3H3,(H,20,23). The lowest BCUT2D eigenvalue weighted by atomic mass is 10.1. The van der Waals surface area contributed by atoms with Crippen molar-refractivity contribution in [2.75, 3.05) is 31.2 Å². The molecule has 24 heavy (non-hydrogen) atoms. The normalized spacial score (nSPS) is 16.0. The summed E-state index contributed by atoms with van der Waals surface area (Å²) >= 11 is 0. The quantitative estimate of drug-likeness (QED) is 0.933. The van der Waals surface area contributed by atoms with Crippen molar-refractivity contribution in [2.45, 2.75) is 19.9 Å². The molecule has 1 atom stereocenters. The SMILES string of the molecule is Cc1c(C(=O)NC(C)c2ccc(N3CCOCC3)cc2)cnn1C. The van der Waals surface area contributed by atoms with Gasteiger partial charge in [-0.25, -0.2) is 0 Å². The summed E-state index contributed by atoms with van der Waals surface area (Å²) in [5.41, 5.74) is 3.77. The van der Waals surface area contributed by atoms with E-state index in [9.17, 15) is 4.79 Å². The molecule has 1 aliphatic rings. The molecule has 3 rings (SSSR count). The highest BCUT2D eigenvalue weighted by Crippen LogP contribution is 2.20. The number of aryl methyl sites for hydroxylation is 1. The van der Waals surface area contributed by atoms with Gasteiger partial charge in [-0.05, 0) is 31.5 Å². The molecular formula is C18H24N4O2. The van der Waals surface area contributed by atoms with Crippen molar-refractivity contribution in [3.8, 4) is 0 Å². The predicted molar refractivity (Wildman–Crippen MR) is 93.3 cm³/mol. The van der Waals surface area contributed by atoms with Gasteiger partial charge in [-0.15, -0.1) is 0 Å². The summed E-state index contributed by atoms with van der Waals surface area (Å²) in [6.07, 6.45) is 1.61. The first kappa shape index (κ1) is 16.5. The van der Waals surface area contributed by atoms with Crippen molar-refractivity contribution in [1.29, 1.82) is 0 Å². The molecule has 1 aliphatic heterocycles. The number of carbonyl (C=O) groups is 1. The first-order valence-corrected chi connectivity index (χ1v) is 8.28. The van der Waals surface area contributed by atoms with E-state index < -0.39 is 0 Å². The van der Waals surface area contributed by atoms with Crippen LogP contribution in [0.2, 0.25) is 0 Å². The van der Waals surface area contributed by atoms with Gasteiger partial charge in [0.25, 0.3) is 5.91 Å². The van der Waals surface area contributed by atoms with Gasteiger partial charge >= 0.3 is 0 Å². The Bertz CT molecular complexity index is 702. The molecule has 1 saturated heterocycles. The Kier molecular flexibility index (Phi) is 4.85. The maximum atomic E-state index is 12.4. The fourth-order valence-electron chi connectivity index (χ4n) is 2.87. The number of carbonyl (C=O) groups excluding carboxylic acids is 1. The Balaban J connectivity index is 1.65. The molecule has 0 radical (unpaired) electrons. The van der Waals surface area contributed by atoms with Crippen LogP contribution in [-0.2, 0) is 11.8 Å². The van der Waals surface area contributed by atoms with Gasteiger partial charge in [0.2, 0.25) is 0 Å². The lowest BCUT2D eigenvalue weighted by molar-refractivity contribution is 0.0939. The van der Waals surface area contributed by atoms with Crippen LogP contribution < -0.4 is 10.2 Å². The average molecular weight is 328 g/mol. The second kappa shape index (κ2) is 7.05. The van der Waals surface area contributed by atoms with Crippen LogP contribution in [0.25, 0.3) is 0 Å². The van der Waals surface area contributed by atoms with E-state index in [1.165, 1.54) is 5.69 Å². The van der Waals surface area contributed by atoms with Gasteiger partial charge in [0.1, 0.15) is 0 Å². The van der Waals surface area contributed by atoms with Gasteiger partial charge < -0.3 is 15.0 Å². The number of nitrogens with one attached hydrogen (secondary N) is 1. The molecule has 1 fully saturated rings. The van der Waals surface area contributed by atoms with Gasteiger partial charge in [0.15, 0.2) is 0 Å². The largest absolute Gasteiger partial charge is 0.378 e. The van der Waals surface area contributed by atoms with Crippen LogP contribution >= 0.6 is 0 Å². The van der Waals surface area contributed by atoms with Crippen LogP contribution in [0.4, 0.5) is 5.69 Å². The van der Waals surface area contributed by atoms with E-state index in [0.717, 1.165) is 37.6 Å². The van der Waals surface area contributed by atoms with Crippen molar-refractivity contribution >= 4 is 11.6 Å². The van der Waals surface area contributed by atoms with E-state index in [2.05, 4.69) is 39.6 Å². The summed E-state index contributed by atoms with van der Waals surface area (Å²) in [4.78, 5) is 14.7. The summed E-state index contributed by atoms with van der Waals surface area (Å²) in [6.45, 7) is 7.28. The predicted octanol–water partition coefficient (Wildman–Crippen LogP) is 2.06. The number of ether oxygens (including phenoxy) is 1. The number of aromatic nitrogens is 2. The fraction of sp³-hybridized carbons (Fsp3) is 0.444. The van der Waals surface area contributed by atoms with Crippen LogP contribution in [0.3, 0.4) is 0 Å². The summed E-state index contributed by atoms with van der Waals surface area (Å²) in [6, 6.07) is 8.31. The summed E-state index contributed by atoms with van der Waals surface area (Å²) in [5, 5.41) is 7.16. The zero-order chi connectivity index (χ0) is 17.1. The fourth-order valence-corrected chi connectivity index (χ4v) is 2.87. The van der Waals surface area contributed by atoms with E-state index in [-0.39, 0.29) is 11.9 Å². The molecule has 1 aromatic heterocycles. The third-order valence-electron chi connectivity index (χ3n) is 4.60. The van der Waals surface area contributed by atoms with Gasteiger partial charge in [-0.2, -0.15) is 5.10 Å². The molecule has 6 nitrogen and oxygen atoms in total.